The van der Waals surface area contributed by atoms with Gasteiger partial charge in [-0.25, -0.2) is 4.39 Å². The van der Waals surface area contributed by atoms with E-state index in [1.54, 1.807) is 12.1 Å². The predicted octanol–water partition coefficient (Wildman–Crippen LogP) is 4.41. The van der Waals surface area contributed by atoms with Gasteiger partial charge in [0.25, 0.3) is 0 Å². The van der Waals surface area contributed by atoms with E-state index < -0.39 is 0 Å². The van der Waals surface area contributed by atoms with Crippen LogP contribution in [0.2, 0.25) is 0 Å². The van der Waals surface area contributed by atoms with E-state index in [4.69, 9.17) is 5.26 Å². The van der Waals surface area contributed by atoms with Crippen molar-refractivity contribution in [2.24, 2.45) is 0 Å². The minimum absolute atomic E-state index is 0.250. The van der Waals surface area contributed by atoms with Gasteiger partial charge in [-0.1, -0.05) is 24.3 Å². The lowest BCUT2D eigenvalue weighted by Gasteiger charge is -2.24. The van der Waals surface area contributed by atoms with Crippen molar-refractivity contribution in [2.75, 3.05) is 11.4 Å². The van der Waals surface area contributed by atoms with Crippen LogP contribution in [0.1, 0.15) is 23.1 Å². The molecule has 4 heteroatoms. The zero-order valence-corrected chi connectivity index (χ0v) is 13.0. The van der Waals surface area contributed by atoms with Crippen molar-refractivity contribution >= 4 is 21.6 Å². The second kappa shape index (κ2) is 5.87. The van der Waals surface area contributed by atoms with Gasteiger partial charge in [-0.3, -0.25) is 0 Å². The van der Waals surface area contributed by atoms with Gasteiger partial charge in [-0.05, 0) is 52.0 Å². The average Bonchev–Trinajstić information content (AvgIpc) is 2.72. The van der Waals surface area contributed by atoms with Crippen molar-refractivity contribution in [3.63, 3.8) is 0 Å². The number of benzene rings is 2. The summed E-state index contributed by atoms with van der Waals surface area (Å²) in [6, 6.07) is 13.7. The molecule has 0 atom stereocenters. The largest absolute Gasteiger partial charge is 0.365 e. The average molecular weight is 345 g/mol. The Hall–Kier alpha value is -1.86. The zero-order chi connectivity index (χ0) is 14.8. The van der Waals surface area contributed by atoms with Crippen LogP contribution in [0.5, 0.6) is 0 Å². The molecule has 0 saturated carbocycles. The summed E-state index contributed by atoms with van der Waals surface area (Å²) >= 11 is 3.18. The molecule has 2 nitrogen and oxygen atoms in total. The summed E-state index contributed by atoms with van der Waals surface area (Å²) in [6.45, 7) is 1.51. The monoisotopic (exact) mass is 344 g/mol. The molecular formula is C17H14BrFN2. The number of nitriles is 1. The first-order valence-corrected chi connectivity index (χ1v) is 7.70. The topological polar surface area (TPSA) is 27.0 Å². The fourth-order valence-corrected chi connectivity index (χ4v) is 3.20. The van der Waals surface area contributed by atoms with E-state index in [-0.39, 0.29) is 10.3 Å². The summed E-state index contributed by atoms with van der Waals surface area (Å²) in [7, 11) is 0. The molecule has 0 unspecified atom stereocenters. The fourth-order valence-electron chi connectivity index (χ4n) is 2.78. The maximum atomic E-state index is 14.5. The smallest absolute Gasteiger partial charge is 0.161 e. The highest BCUT2D eigenvalue weighted by molar-refractivity contribution is 9.10. The molecule has 106 valence electrons. The number of hydrogen-bond donors (Lipinski definition) is 0. The molecule has 1 aliphatic heterocycles. The minimum atomic E-state index is -0.353. The number of anilines is 1. The Kier molecular flexibility index (Phi) is 3.94. The van der Waals surface area contributed by atoms with Crippen LogP contribution < -0.4 is 4.90 Å². The molecule has 1 aliphatic rings. The van der Waals surface area contributed by atoms with Gasteiger partial charge in [-0.15, -0.1) is 0 Å². The van der Waals surface area contributed by atoms with Crippen molar-refractivity contribution in [3.05, 3.63) is 63.4 Å². The Morgan fingerprint density at radius 1 is 1.14 bits per heavy atom. The summed E-state index contributed by atoms with van der Waals surface area (Å²) in [5.41, 5.74) is 3.46. The van der Waals surface area contributed by atoms with Crippen molar-refractivity contribution in [1.29, 1.82) is 5.26 Å². The number of fused-ring (bicyclic) bond motifs is 1. The molecule has 1 heterocycles. The van der Waals surface area contributed by atoms with Crippen LogP contribution in [0.3, 0.4) is 0 Å². The van der Waals surface area contributed by atoms with E-state index in [2.05, 4.69) is 28.1 Å². The number of aryl methyl sites for hydroxylation is 1. The van der Waals surface area contributed by atoms with Gasteiger partial charge in [0, 0.05) is 13.1 Å². The van der Waals surface area contributed by atoms with Crippen LogP contribution in [0.15, 0.2) is 40.9 Å². The first-order chi connectivity index (χ1) is 10.2. The first kappa shape index (κ1) is 14.1. The number of hydrogen-bond acceptors (Lipinski definition) is 2. The lowest BCUT2D eigenvalue weighted by Crippen LogP contribution is -2.23. The molecule has 0 N–H and O–H groups in total. The van der Waals surface area contributed by atoms with Crippen LogP contribution in [0.4, 0.5) is 10.1 Å². The second-order valence-electron chi connectivity index (χ2n) is 5.17. The van der Waals surface area contributed by atoms with Gasteiger partial charge in [0.1, 0.15) is 6.07 Å². The molecule has 0 aliphatic carbocycles. The van der Waals surface area contributed by atoms with Gasteiger partial charge in [-0.2, -0.15) is 5.26 Å². The Morgan fingerprint density at radius 2 is 1.90 bits per heavy atom. The van der Waals surface area contributed by atoms with E-state index >= 15 is 0 Å². The third-order valence-electron chi connectivity index (χ3n) is 3.88. The third-order valence-corrected chi connectivity index (χ3v) is 4.65. The molecular weight excluding hydrogens is 331 g/mol. The summed E-state index contributed by atoms with van der Waals surface area (Å²) in [5, 5.41) is 8.96. The molecule has 21 heavy (non-hydrogen) atoms. The van der Waals surface area contributed by atoms with Crippen LogP contribution >= 0.6 is 15.9 Å². The highest BCUT2D eigenvalue weighted by Crippen LogP contribution is 2.31. The summed E-state index contributed by atoms with van der Waals surface area (Å²) in [5.74, 6) is -0.353. The molecule has 0 amide bonds. The lowest BCUT2D eigenvalue weighted by atomic mass is 10.0. The predicted molar refractivity (Wildman–Crippen MR) is 84.6 cm³/mol. The Bertz CT molecular complexity index is 721. The van der Waals surface area contributed by atoms with Crippen LogP contribution in [0, 0.1) is 17.1 Å². The van der Waals surface area contributed by atoms with Crippen LogP contribution in [0.25, 0.3) is 0 Å². The Labute approximate surface area is 131 Å². The maximum absolute atomic E-state index is 14.5. The quantitative estimate of drug-likeness (QED) is 0.765. The van der Waals surface area contributed by atoms with Crippen LogP contribution in [-0.2, 0) is 13.0 Å². The standard InChI is InChI=1S/C17H14BrFN2/c18-16-13(10-20)7-8-15(17(16)19)21-9-3-6-12-4-1-2-5-14(12)11-21/h1-2,4-5,7-8H,3,6,9,11H2. The van der Waals surface area contributed by atoms with Crippen molar-refractivity contribution in [2.45, 2.75) is 19.4 Å². The molecule has 0 aromatic heterocycles. The lowest BCUT2D eigenvalue weighted by molar-refractivity contribution is 0.608. The second-order valence-corrected chi connectivity index (χ2v) is 5.96. The van der Waals surface area contributed by atoms with E-state index in [1.807, 2.05) is 23.1 Å². The van der Waals surface area contributed by atoms with E-state index in [0.717, 1.165) is 19.4 Å². The highest BCUT2D eigenvalue weighted by atomic mass is 79.9. The van der Waals surface area contributed by atoms with Gasteiger partial charge in [0.05, 0.1) is 15.7 Å². The molecule has 0 fully saturated rings. The number of nitrogens with zero attached hydrogens (tertiary/aromatic N) is 2. The zero-order valence-electron chi connectivity index (χ0n) is 11.4. The molecule has 0 radical (unpaired) electrons. The van der Waals surface area contributed by atoms with Gasteiger partial charge >= 0.3 is 0 Å². The highest BCUT2D eigenvalue weighted by Gasteiger charge is 2.19. The van der Waals surface area contributed by atoms with Gasteiger partial charge in [0.15, 0.2) is 5.82 Å². The van der Waals surface area contributed by atoms with E-state index in [1.165, 1.54) is 11.1 Å². The normalized spacial score (nSPS) is 14.2. The summed E-state index contributed by atoms with van der Waals surface area (Å²) in [6.07, 6.45) is 2.01. The summed E-state index contributed by atoms with van der Waals surface area (Å²) < 4.78 is 14.8. The van der Waals surface area contributed by atoms with Crippen LogP contribution in [-0.4, -0.2) is 6.54 Å². The van der Waals surface area contributed by atoms with E-state index in [0.29, 0.717) is 17.8 Å². The molecule has 0 bridgehead atoms. The third kappa shape index (κ3) is 2.66. The first-order valence-electron chi connectivity index (χ1n) is 6.90. The van der Waals surface area contributed by atoms with E-state index in [9.17, 15) is 4.39 Å². The maximum Gasteiger partial charge on any atom is 0.161 e. The molecule has 0 spiro atoms. The number of rotatable bonds is 1. The van der Waals surface area contributed by atoms with Gasteiger partial charge in [0.2, 0.25) is 0 Å². The molecule has 0 saturated heterocycles. The fraction of sp³-hybridized carbons (Fsp3) is 0.235. The van der Waals surface area contributed by atoms with Crippen molar-refractivity contribution in [3.8, 4) is 6.07 Å². The Balaban J connectivity index is 1.99. The molecule has 2 aromatic carbocycles. The SMILES string of the molecule is N#Cc1ccc(N2CCCc3ccccc3C2)c(F)c1Br. The number of halogens is 2. The Morgan fingerprint density at radius 3 is 2.67 bits per heavy atom. The summed E-state index contributed by atoms with van der Waals surface area (Å²) in [4.78, 5) is 2.05. The van der Waals surface area contributed by atoms with Gasteiger partial charge < -0.3 is 4.90 Å². The van der Waals surface area contributed by atoms with Crippen molar-refractivity contribution < 1.29 is 4.39 Å². The van der Waals surface area contributed by atoms with Crippen molar-refractivity contribution in [1.82, 2.24) is 0 Å². The molecule has 3 rings (SSSR count). The molecule has 2 aromatic rings. The minimum Gasteiger partial charge on any atom is -0.365 e.